The van der Waals surface area contributed by atoms with Crippen LogP contribution in [0.2, 0.25) is 0 Å². The number of rotatable bonds is 6. The lowest BCUT2D eigenvalue weighted by atomic mass is 10.1. The summed E-state index contributed by atoms with van der Waals surface area (Å²) < 4.78 is 10.2. The summed E-state index contributed by atoms with van der Waals surface area (Å²) in [6.07, 6.45) is 1.47. The molecule has 25 heavy (non-hydrogen) atoms. The quantitative estimate of drug-likeness (QED) is 0.498. The Morgan fingerprint density at radius 3 is 2.40 bits per heavy atom. The van der Waals surface area contributed by atoms with E-state index in [1.54, 1.807) is 48.5 Å². The lowest BCUT2D eigenvalue weighted by Gasteiger charge is -2.09. The van der Waals surface area contributed by atoms with E-state index in [0.29, 0.717) is 22.4 Å². The summed E-state index contributed by atoms with van der Waals surface area (Å²) in [5, 5.41) is 3.90. The van der Waals surface area contributed by atoms with Crippen LogP contribution in [-0.4, -0.2) is 31.3 Å². The van der Waals surface area contributed by atoms with Crippen LogP contribution in [0.5, 0.6) is 5.75 Å². The van der Waals surface area contributed by atoms with Crippen LogP contribution < -0.4 is 10.2 Å². The Balaban J connectivity index is 2.02. The molecule has 2 aromatic carbocycles. The number of carbonyl (C=O) groups excluding carboxylic acids is 2. The number of carbonyl (C=O) groups is 2. The smallest absolute Gasteiger partial charge is 0.338 e. The highest BCUT2D eigenvalue weighted by Gasteiger charge is 2.09. The number of hydrogen-bond donors (Lipinski definition) is 1. The van der Waals surface area contributed by atoms with Gasteiger partial charge in [-0.1, -0.05) is 18.2 Å². The number of hydrogen-bond acceptors (Lipinski definition) is 5. The van der Waals surface area contributed by atoms with Gasteiger partial charge in [-0.2, -0.15) is 5.10 Å². The van der Waals surface area contributed by atoms with Gasteiger partial charge in [0.25, 0.3) is 5.91 Å². The van der Waals surface area contributed by atoms with E-state index in [0.717, 1.165) is 0 Å². The second-order valence-electron chi connectivity index (χ2n) is 5.47. The van der Waals surface area contributed by atoms with Crippen molar-refractivity contribution < 1.29 is 19.1 Å². The van der Waals surface area contributed by atoms with Crippen molar-refractivity contribution >= 4 is 18.1 Å². The number of nitrogens with zero attached hydrogens (tertiary/aromatic N) is 1. The minimum absolute atomic E-state index is 0.0687. The normalized spacial score (nSPS) is 10.7. The van der Waals surface area contributed by atoms with Gasteiger partial charge in [0.1, 0.15) is 5.75 Å². The number of amides is 1. The molecule has 0 aliphatic carbocycles. The SMILES string of the molecule is COC(=O)c1ccccc1/C=N\NC(=O)c1ccc(OC(C)C)cc1. The van der Waals surface area contributed by atoms with Gasteiger partial charge in [-0.15, -0.1) is 0 Å². The number of methoxy groups -OCH3 is 1. The molecule has 1 amide bonds. The van der Waals surface area contributed by atoms with Gasteiger partial charge >= 0.3 is 5.97 Å². The van der Waals surface area contributed by atoms with Gasteiger partial charge in [0.2, 0.25) is 0 Å². The fourth-order valence-electron chi connectivity index (χ4n) is 2.09. The molecule has 0 aliphatic rings. The van der Waals surface area contributed by atoms with Gasteiger partial charge in [-0.05, 0) is 44.2 Å². The fourth-order valence-corrected chi connectivity index (χ4v) is 2.09. The lowest BCUT2D eigenvalue weighted by molar-refractivity contribution is 0.0600. The number of esters is 1. The van der Waals surface area contributed by atoms with Crippen LogP contribution >= 0.6 is 0 Å². The second kappa shape index (κ2) is 8.63. The summed E-state index contributed by atoms with van der Waals surface area (Å²) in [6, 6.07) is 13.6. The molecule has 2 rings (SSSR count). The molecule has 0 atom stereocenters. The van der Waals surface area contributed by atoms with Crippen LogP contribution in [0.1, 0.15) is 40.1 Å². The Kier molecular flexibility index (Phi) is 6.28. The zero-order chi connectivity index (χ0) is 18.2. The molecule has 0 aliphatic heterocycles. The zero-order valence-electron chi connectivity index (χ0n) is 14.4. The molecule has 0 bridgehead atoms. The molecule has 2 aromatic rings. The van der Waals surface area contributed by atoms with Crippen molar-refractivity contribution in [3.8, 4) is 5.75 Å². The summed E-state index contributed by atoms with van der Waals surface area (Å²) in [6.45, 7) is 3.86. The highest BCUT2D eigenvalue weighted by Crippen LogP contribution is 2.14. The summed E-state index contributed by atoms with van der Waals surface area (Å²) in [5.74, 6) is -0.126. The van der Waals surface area contributed by atoms with E-state index in [1.807, 2.05) is 13.8 Å². The van der Waals surface area contributed by atoms with Crippen LogP contribution in [0.25, 0.3) is 0 Å². The van der Waals surface area contributed by atoms with Crippen LogP contribution in [0.4, 0.5) is 0 Å². The molecule has 6 nitrogen and oxygen atoms in total. The lowest BCUT2D eigenvalue weighted by Crippen LogP contribution is -2.18. The Bertz CT molecular complexity index is 767. The predicted molar refractivity (Wildman–Crippen MR) is 95.0 cm³/mol. The third kappa shape index (κ3) is 5.17. The van der Waals surface area contributed by atoms with E-state index in [9.17, 15) is 9.59 Å². The van der Waals surface area contributed by atoms with Gasteiger partial charge in [0.15, 0.2) is 0 Å². The number of nitrogens with one attached hydrogen (secondary N) is 1. The zero-order valence-corrected chi connectivity index (χ0v) is 14.4. The minimum atomic E-state index is -0.464. The van der Waals surface area contributed by atoms with Crippen molar-refractivity contribution in [3.05, 3.63) is 65.2 Å². The number of ether oxygens (including phenoxy) is 2. The number of benzene rings is 2. The first-order valence-corrected chi connectivity index (χ1v) is 7.78. The third-order valence-corrected chi connectivity index (χ3v) is 3.22. The molecular formula is C19H20N2O4. The summed E-state index contributed by atoms with van der Waals surface area (Å²) in [7, 11) is 1.31. The Morgan fingerprint density at radius 2 is 1.76 bits per heavy atom. The first-order chi connectivity index (χ1) is 12.0. The van der Waals surface area contributed by atoms with Crippen molar-refractivity contribution in [1.29, 1.82) is 0 Å². The van der Waals surface area contributed by atoms with Crippen molar-refractivity contribution in [3.63, 3.8) is 0 Å². The second-order valence-corrected chi connectivity index (χ2v) is 5.47. The van der Waals surface area contributed by atoms with E-state index in [4.69, 9.17) is 9.47 Å². The predicted octanol–water partition coefficient (Wildman–Crippen LogP) is 3.02. The van der Waals surface area contributed by atoms with Gasteiger partial charge < -0.3 is 9.47 Å². The van der Waals surface area contributed by atoms with Crippen LogP contribution in [0.15, 0.2) is 53.6 Å². The van der Waals surface area contributed by atoms with E-state index < -0.39 is 5.97 Å². The standard InChI is InChI=1S/C19H20N2O4/c1-13(2)25-16-10-8-14(9-11-16)18(22)21-20-12-15-6-4-5-7-17(15)19(23)24-3/h4-13H,1-3H3,(H,21,22)/b20-12-. The maximum Gasteiger partial charge on any atom is 0.338 e. The molecular weight excluding hydrogens is 320 g/mol. The molecule has 0 fully saturated rings. The molecule has 0 spiro atoms. The summed E-state index contributed by atoms with van der Waals surface area (Å²) in [5.41, 5.74) is 3.81. The van der Waals surface area contributed by atoms with E-state index in [2.05, 4.69) is 10.5 Å². The van der Waals surface area contributed by atoms with Crippen molar-refractivity contribution in [2.24, 2.45) is 5.10 Å². The molecule has 0 unspecified atom stereocenters. The molecule has 0 radical (unpaired) electrons. The first-order valence-electron chi connectivity index (χ1n) is 7.78. The van der Waals surface area contributed by atoms with Gasteiger partial charge in [-0.25, -0.2) is 10.2 Å². The summed E-state index contributed by atoms with van der Waals surface area (Å²) >= 11 is 0. The average molecular weight is 340 g/mol. The Hall–Kier alpha value is -3.15. The van der Waals surface area contributed by atoms with E-state index in [1.165, 1.54) is 13.3 Å². The topological polar surface area (TPSA) is 77.0 Å². The Morgan fingerprint density at radius 1 is 1.08 bits per heavy atom. The Labute approximate surface area is 146 Å². The van der Waals surface area contributed by atoms with Crippen LogP contribution in [0, 0.1) is 0 Å². The van der Waals surface area contributed by atoms with Gasteiger partial charge in [0, 0.05) is 11.1 Å². The molecule has 130 valence electrons. The van der Waals surface area contributed by atoms with Crippen LogP contribution in [-0.2, 0) is 4.74 Å². The van der Waals surface area contributed by atoms with Crippen molar-refractivity contribution in [2.45, 2.75) is 20.0 Å². The molecule has 1 N–H and O–H groups in total. The largest absolute Gasteiger partial charge is 0.491 e. The molecule has 0 saturated heterocycles. The third-order valence-electron chi connectivity index (χ3n) is 3.22. The summed E-state index contributed by atoms with van der Waals surface area (Å²) in [4.78, 5) is 23.8. The first kappa shape index (κ1) is 18.2. The van der Waals surface area contributed by atoms with E-state index >= 15 is 0 Å². The van der Waals surface area contributed by atoms with Crippen molar-refractivity contribution in [2.75, 3.05) is 7.11 Å². The average Bonchev–Trinajstić information content (AvgIpc) is 2.61. The highest BCUT2D eigenvalue weighted by molar-refractivity contribution is 6.00. The molecule has 6 heteroatoms. The maximum absolute atomic E-state index is 12.1. The van der Waals surface area contributed by atoms with Crippen molar-refractivity contribution in [1.82, 2.24) is 5.43 Å². The van der Waals surface area contributed by atoms with Gasteiger partial charge in [-0.3, -0.25) is 4.79 Å². The van der Waals surface area contributed by atoms with Crippen LogP contribution in [0.3, 0.4) is 0 Å². The highest BCUT2D eigenvalue weighted by atomic mass is 16.5. The molecule has 0 aromatic heterocycles. The number of hydrazone groups is 1. The van der Waals surface area contributed by atoms with Gasteiger partial charge in [0.05, 0.1) is 25.0 Å². The van der Waals surface area contributed by atoms with E-state index in [-0.39, 0.29) is 12.0 Å². The minimum Gasteiger partial charge on any atom is -0.491 e. The maximum atomic E-state index is 12.1. The molecule has 0 heterocycles. The molecule has 0 saturated carbocycles. The monoisotopic (exact) mass is 340 g/mol. The fraction of sp³-hybridized carbons (Fsp3) is 0.211.